The van der Waals surface area contributed by atoms with Gasteiger partial charge in [-0.25, -0.2) is 9.37 Å². The summed E-state index contributed by atoms with van der Waals surface area (Å²) in [6.45, 7) is 2.90. The molecule has 30 heavy (non-hydrogen) atoms. The highest BCUT2D eigenvalue weighted by Crippen LogP contribution is 2.32. The molecular formula is C19H26FN9O. The maximum Gasteiger partial charge on any atom is 0.256 e. The summed E-state index contributed by atoms with van der Waals surface area (Å²) in [4.78, 5) is 17.9. The van der Waals surface area contributed by atoms with Crippen LogP contribution in [0.2, 0.25) is 0 Å². The lowest BCUT2D eigenvalue weighted by atomic mass is 10.3. The number of fused-ring (bicyclic) bond motifs is 1. The topological polar surface area (TPSA) is 89.2 Å². The molecule has 2 aliphatic rings. The second-order valence-electron chi connectivity index (χ2n) is 8.09. The number of rotatable bonds is 5. The molecule has 160 valence electrons. The van der Waals surface area contributed by atoms with Gasteiger partial charge in [0.15, 0.2) is 17.0 Å². The van der Waals surface area contributed by atoms with Gasteiger partial charge >= 0.3 is 0 Å². The summed E-state index contributed by atoms with van der Waals surface area (Å²) < 4.78 is 23.1. The second-order valence-corrected chi connectivity index (χ2v) is 8.09. The summed E-state index contributed by atoms with van der Waals surface area (Å²) in [6, 6.07) is 0.307. The molecule has 2 atom stereocenters. The predicted octanol–water partition coefficient (Wildman–Crippen LogP) is 1.74. The Kier molecular flexibility index (Phi) is 4.69. The quantitative estimate of drug-likeness (QED) is 0.674. The lowest BCUT2D eigenvalue weighted by molar-refractivity contribution is 0.362. The van der Waals surface area contributed by atoms with Crippen LogP contribution < -0.4 is 15.0 Å². The Hall–Kier alpha value is -2.95. The summed E-state index contributed by atoms with van der Waals surface area (Å²) in [5.41, 5.74) is 2.05. The molecule has 1 N–H and O–H groups in total. The highest BCUT2D eigenvalue weighted by atomic mass is 19.1. The Balaban J connectivity index is 1.51. The number of ether oxygens (including phenoxy) is 1. The number of halogens is 1. The van der Waals surface area contributed by atoms with Crippen molar-refractivity contribution in [3.05, 3.63) is 12.5 Å². The molecule has 2 saturated heterocycles. The molecule has 3 aromatic rings. The number of likely N-dealkylation sites (N-methyl/N-ethyl adjacent to an activating group) is 1. The standard InChI is InChI=1S/C19H26FN9O/c1-26-6-5-13(9-26)29-10-14(18(25-29)30-3)22-16-15-17(27(2)11-21-15)24-19(23-16)28-7-4-12(20)8-28/h10-13H,4-9H2,1-3H3,(H,22,23,24). The van der Waals surface area contributed by atoms with Gasteiger partial charge in [0.2, 0.25) is 5.95 Å². The van der Waals surface area contributed by atoms with Gasteiger partial charge in [0.25, 0.3) is 5.88 Å². The SMILES string of the molecule is COc1nn(C2CCN(C)C2)cc1Nc1nc(N2CCC(F)C2)nc2c1ncn2C. The van der Waals surface area contributed by atoms with Gasteiger partial charge in [-0.05, 0) is 26.4 Å². The number of nitrogens with one attached hydrogen (secondary N) is 1. The number of likely N-dealkylation sites (tertiary alicyclic amines) is 1. The lowest BCUT2D eigenvalue weighted by Gasteiger charge is -2.16. The molecule has 0 aliphatic carbocycles. The van der Waals surface area contributed by atoms with E-state index in [4.69, 9.17) is 4.74 Å². The number of aryl methyl sites for hydroxylation is 1. The van der Waals surface area contributed by atoms with Gasteiger partial charge in [-0.3, -0.25) is 4.68 Å². The number of hydrogen-bond donors (Lipinski definition) is 1. The molecule has 2 fully saturated rings. The molecule has 10 nitrogen and oxygen atoms in total. The molecule has 0 radical (unpaired) electrons. The van der Waals surface area contributed by atoms with Crippen LogP contribution in [-0.2, 0) is 7.05 Å². The zero-order chi connectivity index (χ0) is 20.8. The zero-order valence-corrected chi connectivity index (χ0v) is 17.4. The highest BCUT2D eigenvalue weighted by molar-refractivity contribution is 5.87. The number of anilines is 3. The van der Waals surface area contributed by atoms with E-state index in [2.05, 4.69) is 37.3 Å². The molecule has 2 aliphatic heterocycles. The Morgan fingerprint density at radius 2 is 2.03 bits per heavy atom. The zero-order valence-electron chi connectivity index (χ0n) is 17.4. The van der Waals surface area contributed by atoms with E-state index >= 15 is 0 Å². The van der Waals surface area contributed by atoms with Gasteiger partial charge in [0.1, 0.15) is 11.9 Å². The maximum atomic E-state index is 13.8. The predicted molar refractivity (Wildman–Crippen MR) is 111 cm³/mol. The van der Waals surface area contributed by atoms with Crippen LogP contribution in [0.5, 0.6) is 5.88 Å². The number of alkyl halides is 1. The molecule has 2 unspecified atom stereocenters. The van der Waals surface area contributed by atoms with Crippen molar-refractivity contribution in [3.63, 3.8) is 0 Å². The number of methoxy groups -OCH3 is 1. The smallest absolute Gasteiger partial charge is 0.256 e. The van der Waals surface area contributed by atoms with E-state index in [1.165, 1.54) is 0 Å². The van der Waals surface area contributed by atoms with Crippen molar-refractivity contribution in [2.75, 3.05) is 50.6 Å². The van der Waals surface area contributed by atoms with Gasteiger partial charge in [0.05, 0.1) is 32.2 Å². The van der Waals surface area contributed by atoms with Crippen LogP contribution in [0.15, 0.2) is 12.5 Å². The van der Waals surface area contributed by atoms with Gasteiger partial charge in [-0.2, -0.15) is 9.97 Å². The molecule has 0 saturated carbocycles. The fraction of sp³-hybridized carbons (Fsp3) is 0.579. The van der Waals surface area contributed by atoms with E-state index in [9.17, 15) is 4.39 Å². The van der Waals surface area contributed by atoms with Crippen molar-refractivity contribution < 1.29 is 9.13 Å². The van der Waals surface area contributed by atoms with Crippen LogP contribution in [0.1, 0.15) is 18.9 Å². The van der Waals surface area contributed by atoms with Gasteiger partial charge < -0.3 is 24.4 Å². The Morgan fingerprint density at radius 1 is 1.17 bits per heavy atom. The molecular weight excluding hydrogens is 389 g/mol. The van der Waals surface area contributed by atoms with Crippen LogP contribution in [0.3, 0.4) is 0 Å². The van der Waals surface area contributed by atoms with E-state index < -0.39 is 6.17 Å². The Labute approximate surface area is 173 Å². The van der Waals surface area contributed by atoms with Crippen LogP contribution in [0.25, 0.3) is 11.2 Å². The largest absolute Gasteiger partial charge is 0.478 e. The maximum absolute atomic E-state index is 13.8. The van der Waals surface area contributed by atoms with E-state index in [-0.39, 0.29) is 0 Å². The first-order valence-corrected chi connectivity index (χ1v) is 10.2. The molecule has 3 aromatic heterocycles. The third-order valence-corrected chi connectivity index (χ3v) is 5.85. The molecule has 0 spiro atoms. The first-order valence-electron chi connectivity index (χ1n) is 10.2. The third kappa shape index (κ3) is 3.32. The van der Waals surface area contributed by atoms with Crippen molar-refractivity contribution in [1.29, 1.82) is 0 Å². The molecule has 5 rings (SSSR count). The van der Waals surface area contributed by atoms with Crippen LogP contribution in [-0.4, -0.2) is 80.7 Å². The first-order chi connectivity index (χ1) is 14.5. The molecule has 0 amide bonds. The van der Waals surface area contributed by atoms with Gasteiger partial charge in [-0.15, -0.1) is 5.10 Å². The average Bonchev–Trinajstić information content (AvgIpc) is 3.50. The molecule has 0 aromatic carbocycles. The van der Waals surface area contributed by atoms with Crippen LogP contribution in [0, 0.1) is 0 Å². The molecule has 0 bridgehead atoms. The van der Waals surface area contributed by atoms with E-state index in [0.717, 1.165) is 19.5 Å². The number of nitrogens with zero attached hydrogens (tertiary/aromatic N) is 8. The third-order valence-electron chi connectivity index (χ3n) is 5.85. The number of aromatic nitrogens is 6. The summed E-state index contributed by atoms with van der Waals surface area (Å²) in [7, 11) is 5.60. The monoisotopic (exact) mass is 415 g/mol. The summed E-state index contributed by atoms with van der Waals surface area (Å²) >= 11 is 0. The minimum absolute atomic E-state index is 0.305. The molecule has 5 heterocycles. The average molecular weight is 415 g/mol. The number of hydrogen-bond acceptors (Lipinski definition) is 8. The Bertz CT molecular complexity index is 1060. The molecule has 11 heteroatoms. The van der Waals surface area contributed by atoms with Crippen molar-refractivity contribution in [1.82, 2.24) is 34.2 Å². The van der Waals surface area contributed by atoms with Crippen LogP contribution in [0.4, 0.5) is 21.8 Å². The fourth-order valence-corrected chi connectivity index (χ4v) is 4.18. The summed E-state index contributed by atoms with van der Waals surface area (Å²) in [6.07, 6.45) is 4.33. The minimum atomic E-state index is -0.852. The second kappa shape index (κ2) is 7.38. The van der Waals surface area contributed by atoms with Crippen molar-refractivity contribution in [3.8, 4) is 5.88 Å². The van der Waals surface area contributed by atoms with E-state index in [1.54, 1.807) is 13.4 Å². The summed E-state index contributed by atoms with van der Waals surface area (Å²) in [5.74, 6) is 1.55. The van der Waals surface area contributed by atoms with Crippen LogP contribution >= 0.6 is 0 Å². The fourth-order valence-electron chi connectivity index (χ4n) is 4.18. The minimum Gasteiger partial charge on any atom is -0.478 e. The summed E-state index contributed by atoms with van der Waals surface area (Å²) in [5, 5.41) is 7.95. The Morgan fingerprint density at radius 3 is 2.73 bits per heavy atom. The van der Waals surface area contributed by atoms with E-state index in [1.807, 2.05) is 27.4 Å². The number of imidazole rings is 1. The van der Waals surface area contributed by atoms with Crippen molar-refractivity contribution in [2.24, 2.45) is 7.05 Å². The van der Waals surface area contributed by atoms with Crippen molar-refractivity contribution in [2.45, 2.75) is 25.1 Å². The van der Waals surface area contributed by atoms with Crippen molar-refractivity contribution >= 4 is 28.6 Å². The van der Waals surface area contributed by atoms with Gasteiger partial charge in [0, 0.05) is 20.1 Å². The normalized spacial score (nSPS) is 22.3. The van der Waals surface area contributed by atoms with Gasteiger partial charge in [-0.1, -0.05) is 0 Å². The van der Waals surface area contributed by atoms with E-state index in [0.29, 0.717) is 60.0 Å². The highest BCUT2D eigenvalue weighted by Gasteiger charge is 2.27. The first kappa shape index (κ1) is 19.0. The lowest BCUT2D eigenvalue weighted by Crippen LogP contribution is -2.23.